The number of hydrogen-bond donors (Lipinski definition) is 2. The van der Waals surface area contributed by atoms with Crippen LogP contribution >= 0.6 is 0 Å². The predicted molar refractivity (Wildman–Crippen MR) is 75.8 cm³/mol. The Kier molecular flexibility index (Phi) is 4.23. The van der Waals surface area contributed by atoms with Crippen LogP contribution in [0.25, 0.3) is 0 Å². The molecule has 2 N–H and O–H groups in total. The van der Waals surface area contributed by atoms with Crippen LogP contribution in [0, 0.1) is 0 Å². The van der Waals surface area contributed by atoms with E-state index in [0.717, 1.165) is 0 Å². The molecule has 0 heterocycles. The van der Waals surface area contributed by atoms with Crippen molar-refractivity contribution in [2.24, 2.45) is 0 Å². The highest BCUT2D eigenvalue weighted by Gasteiger charge is 2.18. The third-order valence-electron chi connectivity index (χ3n) is 2.99. The fourth-order valence-electron chi connectivity index (χ4n) is 1.92. The number of carboxylic acids is 1. The minimum Gasteiger partial charge on any atom is -0.508 e. The normalized spacial score (nSPS) is 10.1. The van der Waals surface area contributed by atoms with Gasteiger partial charge in [0.1, 0.15) is 23.7 Å². The smallest absolute Gasteiger partial charge is 0.339 e. The van der Waals surface area contributed by atoms with Gasteiger partial charge >= 0.3 is 5.97 Å². The summed E-state index contributed by atoms with van der Waals surface area (Å²) in [6.45, 7) is 1.31. The fourth-order valence-corrected chi connectivity index (χ4v) is 1.92. The number of aromatic carboxylic acids is 1. The lowest BCUT2D eigenvalue weighted by Gasteiger charge is -2.13. The number of benzene rings is 2. The first-order chi connectivity index (χ1) is 10.0. The van der Waals surface area contributed by atoms with Gasteiger partial charge in [-0.1, -0.05) is 24.3 Å². The summed E-state index contributed by atoms with van der Waals surface area (Å²) in [7, 11) is 0. The molecule has 0 unspecified atom stereocenters. The van der Waals surface area contributed by atoms with Crippen molar-refractivity contribution in [1.82, 2.24) is 0 Å². The van der Waals surface area contributed by atoms with Gasteiger partial charge in [0, 0.05) is 5.56 Å². The van der Waals surface area contributed by atoms with E-state index in [1.54, 1.807) is 18.2 Å². The average Bonchev–Trinajstić information content (AvgIpc) is 2.45. The second-order valence-corrected chi connectivity index (χ2v) is 4.46. The zero-order valence-corrected chi connectivity index (χ0v) is 11.4. The molecular weight excluding hydrogens is 272 g/mol. The van der Waals surface area contributed by atoms with Crippen molar-refractivity contribution >= 4 is 11.8 Å². The van der Waals surface area contributed by atoms with Crippen LogP contribution in [0.5, 0.6) is 11.5 Å². The molecule has 2 rings (SSSR count). The molecular formula is C16H14O5. The third-order valence-corrected chi connectivity index (χ3v) is 2.99. The SMILES string of the molecule is CC(=O)c1cccc(C(=O)O)c1OCc1ccccc1O. The van der Waals surface area contributed by atoms with E-state index in [-0.39, 0.29) is 35.0 Å². The lowest BCUT2D eigenvalue weighted by molar-refractivity contribution is 0.0691. The number of carboxylic acid groups (broad SMARTS) is 1. The number of ketones is 1. The number of ether oxygens (including phenoxy) is 1. The van der Waals surface area contributed by atoms with Crippen LogP contribution in [0.15, 0.2) is 42.5 Å². The Balaban J connectivity index is 2.36. The molecule has 5 heteroatoms. The molecule has 0 aliphatic heterocycles. The van der Waals surface area contributed by atoms with E-state index in [4.69, 9.17) is 4.74 Å². The molecule has 0 aliphatic rings. The summed E-state index contributed by atoms with van der Waals surface area (Å²) in [5.41, 5.74) is 0.621. The van der Waals surface area contributed by atoms with Gasteiger partial charge in [0.25, 0.3) is 0 Å². The van der Waals surface area contributed by atoms with Crippen molar-refractivity contribution in [3.05, 3.63) is 59.2 Å². The number of rotatable bonds is 5. The highest BCUT2D eigenvalue weighted by atomic mass is 16.5. The molecule has 5 nitrogen and oxygen atoms in total. The van der Waals surface area contributed by atoms with Crippen LogP contribution in [0.1, 0.15) is 33.2 Å². The van der Waals surface area contributed by atoms with Crippen LogP contribution in [0.2, 0.25) is 0 Å². The minimum atomic E-state index is -1.18. The van der Waals surface area contributed by atoms with E-state index < -0.39 is 5.97 Å². The molecule has 0 amide bonds. The lowest BCUT2D eigenvalue weighted by atomic mass is 10.1. The second-order valence-electron chi connectivity index (χ2n) is 4.46. The molecule has 0 aliphatic carbocycles. The van der Waals surface area contributed by atoms with Crippen LogP contribution < -0.4 is 4.74 Å². The number of Topliss-reactive ketones (excluding diaryl/α,β-unsaturated/α-hetero) is 1. The van der Waals surface area contributed by atoms with Crippen molar-refractivity contribution in [3.8, 4) is 11.5 Å². The highest BCUT2D eigenvalue weighted by molar-refractivity contribution is 6.01. The molecule has 0 radical (unpaired) electrons. The molecule has 0 fully saturated rings. The number of carbonyl (C=O) groups excluding carboxylic acids is 1. The molecule has 0 saturated carbocycles. The van der Waals surface area contributed by atoms with Crippen molar-refractivity contribution in [3.63, 3.8) is 0 Å². The largest absolute Gasteiger partial charge is 0.508 e. The molecule has 0 aromatic heterocycles. The van der Waals surface area contributed by atoms with E-state index >= 15 is 0 Å². The zero-order valence-electron chi connectivity index (χ0n) is 11.4. The van der Waals surface area contributed by atoms with Gasteiger partial charge in [-0.25, -0.2) is 4.79 Å². The Morgan fingerprint density at radius 3 is 2.33 bits per heavy atom. The Morgan fingerprint density at radius 1 is 1.05 bits per heavy atom. The maximum atomic E-state index is 11.6. The summed E-state index contributed by atoms with van der Waals surface area (Å²) < 4.78 is 5.50. The number of hydrogen-bond acceptors (Lipinski definition) is 4. The number of aromatic hydroxyl groups is 1. The van der Waals surface area contributed by atoms with Crippen LogP contribution in [0.3, 0.4) is 0 Å². The number of carbonyl (C=O) groups is 2. The molecule has 0 atom stereocenters. The maximum absolute atomic E-state index is 11.6. The monoisotopic (exact) mass is 286 g/mol. The zero-order chi connectivity index (χ0) is 15.4. The molecule has 2 aromatic carbocycles. The second kappa shape index (κ2) is 6.09. The Morgan fingerprint density at radius 2 is 1.71 bits per heavy atom. The van der Waals surface area contributed by atoms with E-state index in [2.05, 4.69) is 0 Å². The Hall–Kier alpha value is -2.82. The first-order valence-electron chi connectivity index (χ1n) is 6.27. The summed E-state index contributed by atoms with van der Waals surface area (Å²) in [5, 5.41) is 18.9. The van der Waals surface area contributed by atoms with Crippen LogP contribution in [-0.2, 0) is 6.61 Å². The summed E-state index contributed by atoms with van der Waals surface area (Å²) in [6.07, 6.45) is 0. The van der Waals surface area contributed by atoms with Gasteiger partial charge < -0.3 is 14.9 Å². The van der Waals surface area contributed by atoms with Crippen LogP contribution in [-0.4, -0.2) is 22.0 Å². The Bertz CT molecular complexity index is 659. The third kappa shape index (κ3) is 3.20. The topological polar surface area (TPSA) is 83.8 Å². The standard InChI is InChI=1S/C16H14O5/c1-10(17)12-6-4-7-13(16(19)20)15(12)21-9-11-5-2-3-8-14(11)18/h2-8,18H,9H2,1H3,(H,19,20). The molecule has 2 aromatic rings. The predicted octanol–water partition coefficient (Wildman–Crippen LogP) is 2.87. The summed E-state index contributed by atoms with van der Waals surface area (Å²) in [6, 6.07) is 10.9. The highest BCUT2D eigenvalue weighted by Crippen LogP contribution is 2.27. The average molecular weight is 286 g/mol. The molecule has 21 heavy (non-hydrogen) atoms. The number of phenolic OH excluding ortho intramolecular Hbond substituents is 1. The summed E-state index contributed by atoms with van der Waals surface area (Å²) >= 11 is 0. The lowest BCUT2D eigenvalue weighted by Crippen LogP contribution is -2.08. The number of para-hydroxylation sites is 2. The van der Waals surface area contributed by atoms with Gasteiger partial charge in [-0.3, -0.25) is 4.79 Å². The van der Waals surface area contributed by atoms with Gasteiger partial charge in [0.15, 0.2) is 5.78 Å². The van der Waals surface area contributed by atoms with Crippen molar-refractivity contribution < 1.29 is 24.5 Å². The van der Waals surface area contributed by atoms with Crippen molar-refractivity contribution in [2.75, 3.05) is 0 Å². The quantitative estimate of drug-likeness (QED) is 0.826. The molecule has 0 spiro atoms. The fraction of sp³-hybridized carbons (Fsp3) is 0.125. The van der Waals surface area contributed by atoms with E-state index in [1.807, 2.05) is 0 Å². The molecule has 0 bridgehead atoms. The van der Waals surface area contributed by atoms with Crippen molar-refractivity contribution in [2.45, 2.75) is 13.5 Å². The van der Waals surface area contributed by atoms with Gasteiger partial charge in [-0.2, -0.15) is 0 Å². The molecule has 0 saturated heterocycles. The van der Waals surface area contributed by atoms with Crippen LogP contribution in [0.4, 0.5) is 0 Å². The van der Waals surface area contributed by atoms with Gasteiger partial charge in [0.2, 0.25) is 0 Å². The Labute approximate surface area is 121 Å². The van der Waals surface area contributed by atoms with E-state index in [0.29, 0.717) is 5.56 Å². The van der Waals surface area contributed by atoms with E-state index in [9.17, 15) is 19.8 Å². The first kappa shape index (κ1) is 14.6. The summed E-state index contributed by atoms with van der Waals surface area (Å²) in [4.78, 5) is 22.8. The molecule has 108 valence electrons. The van der Waals surface area contributed by atoms with Crippen molar-refractivity contribution in [1.29, 1.82) is 0 Å². The van der Waals surface area contributed by atoms with Gasteiger partial charge in [0.05, 0.1) is 5.56 Å². The number of phenols is 1. The maximum Gasteiger partial charge on any atom is 0.339 e. The summed E-state index contributed by atoms with van der Waals surface area (Å²) in [5.74, 6) is -1.40. The van der Waals surface area contributed by atoms with Gasteiger partial charge in [-0.05, 0) is 25.1 Å². The van der Waals surface area contributed by atoms with Gasteiger partial charge in [-0.15, -0.1) is 0 Å². The minimum absolute atomic E-state index is 0.0146. The first-order valence-corrected chi connectivity index (χ1v) is 6.27. The van der Waals surface area contributed by atoms with E-state index in [1.165, 1.54) is 31.2 Å².